The molecule has 1 atom stereocenters. The fourth-order valence-corrected chi connectivity index (χ4v) is 4.85. The van der Waals surface area contributed by atoms with Gasteiger partial charge in [0.05, 0.1) is 10.2 Å². The van der Waals surface area contributed by atoms with Crippen LogP contribution in [0.2, 0.25) is 0 Å². The number of aryl methyl sites for hydroxylation is 2. The Morgan fingerprint density at radius 2 is 1.96 bits per heavy atom. The van der Waals surface area contributed by atoms with Crippen LogP contribution >= 0.6 is 11.3 Å². The van der Waals surface area contributed by atoms with Crippen LogP contribution in [-0.4, -0.2) is 28.2 Å². The molecule has 2 amide bonds. The number of fused-ring (bicyclic) bond motifs is 1. The number of thiazole rings is 1. The summed E-state index contributed by atoms with van der Waals surface area (Å²) < 4.78 is 1.05. The van der Waals surface area contributed by atoms with Crippen molar-refractivity contribution in [2.24, 2.45) is 0 Å². The van der Waals surface area contributed by atoms with Gasteiger partial charge in [-0.25, -0.2) is 4.98 Å². The lowest BCUT2D eigenvalue weighted by Gasteiger charge is -2.33. The van der Waals surface area contributed by atoms with Crippen molar-refractivity contribution in [3.63, 3.8) is 0 Å². The topological polar surface area (TPSA) is 62.3 Å². The molecule has 0 radical (unpaired) electrons. The van der Waals surface area contributed by atoms with Crippen LogP contribution in [0.1, 0.15) is 42.0 Å². The molecule has 1 aromatic heterocycles. The Hall–Kier alpha value is -2.73. The lowest BCUT2D eigenvalue weighted by atomic mass is 10.0. The number of carbonyl (C=O) groups is 2. The number of aromatic nitrogens is 1. The van der Waals surface area contributed by atoms with Gasteiger partial charge >= 0.3 is 0 Å². The highest BCUT2D eigenvalue weighted by atomic mass is 32.1. The van der Waals surface area contributed by atoms with E-state index in [0.717, 1.165) is 34.2 Å². The van der Waals surface area contributed by atoms with Gasteiger partial charge in [0.25, 0.3) is 5.91 Å². The van der Waals surface area contributed by atoms with Crippen molar-refractivity contribution < 1.29 is 9.59 Å². The summed E-state index contributed by atoms with van der Waals surface area (Å²) in [6, 6.07) is 13.0. The molecule has 0 aliphatic carbocycles. The Labute approximate surface area is 168 Å². The first-order valence-electron chi connectivity index (χ1n) is 9.56. The minimum atomic E-state index is -0.635. The second kappa shape index (κ2) is 7.72. The van der Waals surface area contributed by atoms with E-state index in [2.05, 4.69) is 29.4 Å². The number of carbonyl (C=O) groups excluding carboxylic acids is 2. The zero-order chi connectivity index (χ0) is 19.7. The Bertz CT molecular complexity index is 1030. The molecule has 5 nitrogen and oxygen atoms in total. The monoisotopic (exact) mass is 393 g/mol. The minimum absolute atomic E-state index is 0.0334. The van der Waals surface area contributed by atoms with E-state index in [0.29, 0.717) is 18.1 Å². The lowest BCUT2D eigenvalue weighted by Crippen LogP contribution is -2.43. The number of amides is 2. The zero-order valence-electron chi connectivity index (χ0n) is 16.1. The maximum absolute atomic E-state index is 13.2. The van der Waals surface area contributed by atoms with E-state index in [1.165, 1.54) is 16.9 Å². The smallest absolute Gasteiger partial charge is 0.253 e. The van der Waals surface area contributed by atoms with Crippen LogP contribution in [0.25, 0.3) is 10.2 Å². The molecule has 1 N–H and O–H groups in total. The van der Waals surface area contributed by atoms with Gasteiger partial charge in [0.15, 0.2) is 5.13 Å². The maximum Gasteiger partial charge on any atom is 0.253 e. The fourth-order valence-electron chi connectivity index (χ4n) is 3.81. The van der Waals surface area contributed by atoms with Crippen LogP contribution in [0.5, 0.6) is 0 Å². The molecule has 0 saturated carbocycles. The second-order valence-electron chi connectivity index (χ2n) is 7.29. The summed E-state index contributed by atoms with van der Waals surface area (Å²) in [4.78, 5) is 32.1. The Morgan fingerprint density at radius 1 is 1.18 bits per heavy atom. The molecule has 1 saturated heterocycles. The predicted octanol–water partition coefficient (Wildman–Crippen LogP) is 4.61. The van der Waals surface area contributed by atoms with Gasteiger partial charge in [-0.15, -0.1) is 0 Å². The van der Waals surface area contributed by atoms with Gasteiger partial charge in [-0.05, 0) is 49.4 Å². The van der Waals surface area contributed by atoms with Crippen LogP contribution in [0.3, 0.4) is 0 Å². The van der Waals surface area contributed by atoms with Crippen molar-refractivity contribution >= 4 is 38.5 Å². The molecule has 144 valence electrons. The average Bonchev–Trinajstić information content (AvgIpc) is 3.07. The quantitative estimate of drug-likeness (QED) is 0.704. The van der Waals surface area contributed by atoms with Gasteiger partial charge in [0.2, 0.25) is 5.91 Å². The maximum atomic E-state index is 13.2. The zero-order valence-corrected chi connectivity index (χ0v) is 16.9. The summed E-state index contributed by atoms with van der Waals surface area (Å²) in [5.74, 6) is -0.180. The third-order valence-corrected chi connectivity index (χ3v) is 6.01. The first-order chi connectivity index (χ1) is 13.5. The van der Waals surface area contributed by atoms with E-state index in [1.54, 1.807) is 4.90 Å². The van der Waals surface area contributed by atoms with E-state index in [4.69, 9.17) is 0 Å². The first-order valence-corrected chi connectivity index (χ1v) is 10.4. The van der Waals surface area contributed by atoms with Gasteiger partial charge in [0.1, 0.15) is 6.04 Å². The molecule has 0 bridgehead atoms. The van der Waals surface area contributed by atoms with Crippen LogP contribution < -0.4 is 5.32 Å². The Kier molecular flexibility index (Phi) is 5.13. The summed E-state index contributed by atoms with van der Waals surface area (Å²) in [7, 11) is 0. The number of nitrogens with zero attached hydrogens (tertiary/aromatic N) is 2. The van der Waals surface area contributed by atoms with E-state index in [1.807, 2.05) is 37.3 Å². The van der Waals surface area contributed by atoms with Crippen LogP contribution in [-0.2, 0) is 9.59 Å². The Balaban J connectivity index is 1.66. The number of nitrogens with one attached hydrogen (secondary N) is 1. The highest BCUT2D eigenvalue weighted by Gasteiger charge is 2.33. The summed E-state index contributed by atoms with van der Waals surface area (Å²) >= 11 is 1.47. The molecule has 6 heteroatoms. The largest absolute Gasteiger partial charge is 0.327 e. The number of benzene rings is 2. The molecule has 1 fully saturated rings. The fraction of sp³-hybridized carbons (Fsp3) is 0.318. The van der Waals surface area contributed by atoms with E-state index < -0.39 is 6.04 Å². The number of hydrogen-bond acceptors (Lipinski definition) is 4. The van der Waals surface area contributed by atoms with Crippen molar-refractivity contribution in [3.05, 3.63) is 59.2 Å². The van der Waals surface area contributed by atoms with Crippen molar-refractivity contribution in [2.45, 2.75) is 39.2 Å². The summed E-state index contributed by atoms with van der Waals surface area (Å²) in [5.41, 5.74) is 4.00. The molecule has 4 rings (SSSR count). The second-order valence-corrected chi connectivity index (χ2v) is 8.32. The normalized spacial score (nSPS) is 15.6. The summed E-state index contributed by atoms with van der Waals surface area (Å²) in [6.45, 7) is 4.68. The van der Waals surface area contributed by atoms with Gasteiger partial charge in [-0.2, -0.15) is 0 Å². The standard InChI is InChI=1S/C22H23N3O2S/c1-14-12-15(2)19-17(13-14)28-22(23-19)24-21(27)20(16-8-4-3-5-9-16)25-11-7-6-10-18(25)26/h3-5,8-9,12-13,20H,6-7,10-11H2,1-2H3,(H,23,24,27). The molecule has 1 aliphatic heterocycles. The molecule has 1 unspecified atom stereocenters. The lowest BCUT2D eigenvalue weighted by molar-refractivity contribution is -0.141. The summed E-state index contributed by atoms with van der Waals surface area (Å²) in [6.07, 6.45) is 2.30. The van der Waals surface area contributed by atoms with Crippen LogP contribution in [0, 0.1) is 13.8 Å². The highest BCUT2D eigenvalue weighted by molar-refractivity contribution is 7.22. The number of anilines is 1. The van der Waals surface area contributed by atoms with E-state index in [9.17, 15) is 9.59 Å². The molecule has 28 heavy (non-hydrogen) atoms. The van der Waals surface area contributed by atoms with E-state index >= 15 is 0 Å². The van der Waals surface area contributed by atoms with Gasteiger partial charge in [-0.1, -0.05) is 47.7 Å². The number of rotatable bonds is 4. The highest BCUT2D eigenvalue weighted by Crippen LogP contribution is 2.31. The summed E-state index contributed by atoms with van der Waals surface area (Å²) in [5, 5.41) is 3.54. The van der Waals surface area contributed by atoms with Crippen molar-refractivity contribution in [1.82, 2.24) is 9.88 Å². The third-order valence-electron chi connectivity index (χ3n) is 5.10. The van der Waals surface area contributed by atoms with Crippen molar-refractivity contribution in [3.8, 4) is 0 Å². The molecular formula is C22H23N3O2S. The number of piperidine rings is 1. The van der Waals surface area contributed by atoms with Gasteiger partial charge < -0.3 is 4.90 Å². The van der Waals surface area contributed by atoms with Gasteiger partial charge in [-0.3, -0.25) is 14.9 Å². The first kappa shape index (κ1) is 18.6. The van der Waals surface area contributed by atoms with Gasteiger partial charge in [0, 0.05) is 13.0 Å². The van der Waals surface area contributed by atoms with Crippen molar-refractivity contribution in [2.75, 3.05) is 11.9 Å². The third kappa shape index (κ3) is 3.64. The molecule has 1 aliphatic rings. The number of hydrogen-bond donors (Lipinski definition) is 1. The van der Waals surface area contributed by atoms with Crippen LogP contribution in [0.4, 0.5) is 5.13 Å². The Morgan fingerprint density at radius 3 is 2.71 bits per heavy atom. The molecule has 2 heterocycles. The molecular weight excluding hydrogens is 370 g/mol. The minimum Gasteiger partial charge on any atom is -0.327 e. The molecule has 3 aromatic rings. The predicted molar refractivity (Wildman–Crippen MR) is 112 cm³/mol. The molecule has 2 aromatic carbocycles. The van der Waals surface area contributed by atoms with Crippen LogP contribution in [0.15, 0.2) is 42.5 Å². The SMILES string of the molecule is Cc1cc(C)c2nc(NC(=O)C(c3ccccc3)N3CCCCC3=O)sc2c1. The molecule has 0 spiro atoms. The number of likely N-dealkylation sites (tertiary alicyclic amines) is 1. The average molecular weight is 394 g/mol. The van der Waals surface area contributed by atoms with Crippen molar-refractivity contribution in [1.29, 1.82) is 0 Å². The van der Waals surface area contributed by atoms with E-state index in [-0.39, 0.29) is 11.8 Å².